The largest absolute Gasteiger partial charge is 0.310 e. The highest BCUT2D eigenvalue weighted by Gasteiger charge is 2.31. The molecular formula is C12H8Cl2FNO. The Hall–Kier alpha value is -1.24. The molecule has 0 N–H and O–H groups in total. The van der Waals surface area contributed by atoms with Crippen molar-refractivity contribution in [1.82, 2.24) is 0 Å². The third kappa shape index (κ3) is 2.24. The number of terminal acetylenes is 1. The fraction of sp³-hybridized carbons (Fsp3) is 0.250. The van der Waals surface area contributed by atoms with Gasteiger partial charge in [0.1, 0.15) is 5.82 Å². The predicted molar refractivity (Wildman–Crippen MR) is 65.7 cm³/mol. The molecule has 1 unspecified atom stereocenters. The van der Waals surface area contributed by atoms with Crippen LogP contribution in [0.3, 0.4) is 0 Å². The summed E-state index contributed by atoms with van der Waals surface area (Å²) < 4.78 is 13.3. The van der Waals surface area contributed by atoms with Crippen molar-refractivity contribution < 1.29 is 9.18 Å². The van der Waals surface area contributed by atoms with Gasteiger partial charge in [0.2, 0.25) is 5.91 Å². The first-order valence-corrected chi connectivity index (χ1v) is 5.69. The number of rotatable bonds is 1. The van der Waals surface area contributed by atoms with Crippen molar-refractivity contribution in [3.63, 3.8) is 0 Å². The van der Waals surface area contributed by atoms with Crippen LogP contribution in [0.2, 0.25) is 10.0 Å². The summed E-state index contributed by atoms with van der Waals surface area (Å²) in [6, 6.07) is 2.44. The summed E-state index contributed by atoms with van der Waals surface area (Å²) in [6.45, 7) is 0.357. The van der Waals surface area contributed by atoms with E-state index in [0.717, 1.165) is 6.07 Å². The monoisotopic (exact) mass is 271 g/mol. The van der Waals surface area contributed by atoms with Crippen LogP contribution in [0.4, 0.5) is 10.1 Å². The zero-order valence-corrected chi connectivity index (χ0v) is 10.2. The van der Waals surface area contributed by atoms with Crippen LogP contribution in [0.15, 0.2) is 12.1 Å². The van der Waals surface area contributed by atoms with Gasteiger partial charge in [-0.05, 0) is 6.07 Å². The van der Waals surface area contributed by atoms with E-state index in [4.69, 9.17) is 29.6 Å². The second-order valence-corrected chi connectivity index (χ2v) is 4.60. The van der Waals surface area contributed by atoms with Gasteiger partial charge in [0.15, 0.2) is 0 Å². The molecule has 0 radical (unpaired) electrons. The summed E-state index contributed by atoms with van der Waals surface area (Å²) in [5.41, 5.74) is 0.316. The van der Waals surface area contributed by atoms with Crippen LogP contribution in [0.5, 0.6) is 0 Å². The summed E-state index contributed by atoms with van der Waals surface area (Å²) in [7, 11) is 0. The number of anilines is 1. The molecule has 1 fully saturated rings. The van der Waals surface area contributed by atoms with Gasteiger partial charge < -0.3 is 4.90 Å². The highest BCUT2D eigenvalue weighted by molar-refractivity contribution is 6.36. The van der Waals surface area contributed by atoms with Crippen molar-refractivity contribution in [1.29, 1.82) is 0 Å². The molecule has 0 bridgehead atoms. The van der Waals surface area contributed by atoms with E-state index in [1.54, 1.807) is 0 Å². The molecule has 5 heteroatoms. The maximum atomic E-state index is 13.3. The molecule has 1 amide bonds. The average molecular weight is 272 g/mol. The number of benzene rings is 1. The quantitative estimate of drug-likeness (QED) is 0.568. The molecule has 2 rings (SSSR count). The van der Waals surface area contributed by atoms with Gasteiger partial charge in [-0.2, -0.15) is 0 Å². The standard InChI is InChI=1S/C12H8Cl2FNO/c1-2-7-3-12(17)16(6-7)11-5-10(15)8(13)4-9(11)14/h1,4-5,7H,3,6H2. The zero-order valence-electron chi connectivity index (χ0n) is 8.71. The maximum absolute atomic E-state index is 13.3. The second kappa shape index (κ2) is 4.56. The Morgan fingerprint density at radius 1 is 1.41 bits per heavy atom. The van der Waals surface area contributed by atoms with E-state index in [-0.39, 0.29) is 28.3 Å². The minimum Gasteiger partial charge on any atom is -0.310 e. The van der Waals surface area contributed by atoms with Crippen LogP contribution >= 0.6 is 23.2 Å². The third-order valence-electron chi connectivity index (χ3n) is 2.64. The third-order valence-corrected chi connectivity index (χ3v) is 3.23. The molecule has 0 spiro atoms. The van der Waals surface area contributed by atoms with Crippen molar-refractivity contribution in [2.75, 3.05) is 11.4 Å². The molecule has 88 valence electrons. The number of carbonyl (C=O) groups excluding carboxylic acids is 1. The fourth-order valence-corrected chi connectivity index (χ4v) is 2.26. The Morgan fingerprint density at radius 3 is 2.71 bits per heavy atom. The molecule has 1 atom stereocenters. The van der Waals surface area contributed by atoms with Gasteiger partial charge in [0.25, 0.3) is 0 Å². The Balaban J connectivity index is 2.39. The first-order chi connectivity index (χ1) is 8.02. The van der Waals surface area contributed by atoms with Gasteiger partial charge in [-0.15, -0.1) is 12.3 Å². The normalized spacial score (nSPS) is 19.5. The molecule has 1 aromatic rings. The topological polar surface area (TPSA) is 20.3 Å². The van der Waals surface area contributed by atoms with E-state index in [2.05, 4.69) is 5.92 Å². The molecule has 17 heavy (non-hydrogen) atoms. The summed E-state index contributed by atoms with van der Waals surface area (Å²) in [5, 5.41) is 0.168. The number of amides is 1. The zero-order chi connectivity index (χ0) is 12.6. The molecule has 0 aromatic heterocycles. The minimum absolute atomic E-state index is 0.0705. The van der Waals surface area contributed by atoms with Crippen LogP contribution in [0.1, 0.15) is 6.42 Å². The van der Waals surface area contributed by atoms with E-state index in [0.29, 0.717) is 12.2 Å². The first kappa shape index (κ1) is 12.2. The van der Waals surface area contributed by atoms with Gasteiger partial charge in [0, 0.05) is 24.9 Å². The number of hydrogen-bond acceptors (Lipinski definition) is 1. The minimum atomic E-state index is -0.608. The Bertz CT molecular complexity index is 524. The average Bonchev–Trinajstić information content (AvgIpc) is 2.65. The van der Waals surface area contributed by atoms with Crippen molar-refractivity contribution in [2.24, 2.45) is 5.92 Å². The van der Waals surface area contributed by atoms with Crippen LogP contribution in [0, 0.1) is 24.1 Å². The maximum Gasteiger partial charge on any atom is 0.228 e. The lowest BCUT2D eigenvalue weighted by Crippen LogP contribution is -2.24. The molecule has 1 aliphatic heterocycles. The van der Waals surface area contributed by atoms with E-state index in [9.17, 15) is 9.18 Å². The summed E-state index contributed by atoms with van der Waals surface area (Å²) in [6.07, 6.45) is 5.53. The van der Waals surface area contributed by atoms with Crippen molar-refractivity contribution >= 4 is 34.8 Å². The molecule has 0 saturated carbocycles. The summed E-state index contributed by atoms with van der Waals surface area (Å²) >= 11 is 11.5. The van der Waals surface area contributed by atoms with Crippen molar-refractivity contribution in [3.8, 4) is 12.3 Å². The van der Waals surface area contributed by atoms with Gasteiger partial charge in [-0.3, -0.25) is 4.79 Å². The van der Waals surface area contributed by atoms with E-state index in [1.165, 1.54) is 11.0 Å². The van der Waals surface area contributed by atoms with Gasteiger partial charge >= 0.3 is 0 Å². The summed E-state index contributed by atoms with van der Waals surface area (Å²) in [5.74, 6) is 1.59. The predicted octanol–water partition coefficient (Wildman–Crippen LogP) is 3.12. The van der Waals surface area contributed by atoms with Crippen molar-refractivity contribution in [3.05, 3.63) is 28.0 Å². The molecule has 0 aliphatic carbocycles. The second-order valence-electron chi connectivity index (χ2n) is 3.79. The lowest BCUT2D eigenvalue weighted by Gasteiger charge is -2.17. The highest BCUT2D eigenvalue weighted by atomic mass is 35.5. The number of carbonyl (C=O) groups is 1. The van der Waals surface area contributed by atoms with Gasteiger partial charge in [-0.1, -0.05) is 23.2 Å². The molecule has 2 nitrogen and oxygen atoms in total. The Labute approximate surface area is 108 Å². The number of hydrogen-bond donors (Lipinski definition) is 0. The SMILES string of the molecule is C#CC1CC(=O)N(c2cc(F)c(Cl)cc2Cl)C1. The van der Waals surface area contributed by atoms with Crippen LogP contribution in [-0.2, 0) is 4.79 Å². The molecular weight excluding hydrogens is 264 g/mol. The molecule has 1 aromatic carbocycles. The van der Waals surface area contributed by atoms with Gasteiger partial charge in [0.05, 0.1) is 15.7 Å². The van der Waals surface area contributed by atoms with Crippen LogP contribution in [0.25, 0.3) is 0 Å². The Morgan fingerprint density at radius 2 is 2.12 bits per heavy atom. The Kier molecular flexibility index (Phi) is 3.28. The van der Waals surface area contributed by atoms with Gasteiger partial charge in [-0.25, -0.2) is 4.39 Å². The molecule has 1 aliphatic rings. The highest BCUT2D eigenvalue weighted by Crippen LogP contribution is 2.34. The fourth-order valence-electron chi connectivity index (χ4n) is 1.77. The van der Waals surface area contributed by atoms with Crippen molar-refractivity contribution in [2.45, 2.75) is 6.42 Å². The molecule has 1 heterocycles. The molecule has 1 saturated heterocycles. The lowest BCUT2D eigenvalue weighted by molar-refractivity contribution is -0.117. The van der Waals surface area contributed by atoms with E-state index in [1.807, 2.05) is 0 Å². The number of halogens is 3. The smallest absolute Gasteiger partial charge is 0.228 e. The first-order valence-electron chi connectivity index (χ1n) is 4.94. The van der Waals surface area contributed by atoms with E-state index >= 15 is 0 Å². The van der Waals surface area contributed by atoms with Crippen LogP contribution in [-0.4, -0.2) is 12.5 Å². The van der Waals surface area contributed by atoms with Crippen LogP contribution < -0.4 is 4.90 Å². The van der Waals surface area contributed by atoms with E-state index < -0.39 is 5.82 Å². The summed E-state index contributed by atoms with van der Waals surface area (Å²) in [4.78, 5) is 13.1. The lowest BCUT2D eigenvalue weighted by atomic mass is 10.1. The number of nitrogens with zero attached hydrogens (tertiary/aromatic N) is 1.